The summed E-state index contributed by atoms with van der Waals surface area (Å²) in [5, 5.41) is 3.07. The van der Waals surface area contributed by atoms with E-state index in [9.17, 15) is 18.0 Å². The lowest BCUT2D eigenvalue weighted by Crippen LogP contribution is -2.54. The lowest BCUT2D eigenvalue weighted by atomic mass is 10.0. The van der Waals surface area contributed by atoms with Crippen molar-refractivity contribution in [3.8, 4) is 0 Å². The number of benzene rings is 4. The summed E-state index contributed by atoms with van der Waals surface area (Å²) >= 11 is 0. The van der Waals surface area contributed by atoms with Crippen molar-refractivity contribution in [1.82, 2.24) is 10.2 Å². The monoisotopic (exact) mass is 625 g/mol. The van der Waals surface area contributed by atoms with E-state index in [-0.39, 0.29) is 29.8 Å². The highest BCUT2D eigenvalue weighted by Gasteiger charge is 2.35. The second kappa shape index (κ2) is 15.5. The van der Waals surface area contributed by atoms with Gasteiger partial charge in [0.25, 0.3) is 10.0 Å². The fourth-order valence-electron chi connectivity index (χ4n) is 5.03. The van der Waals surface area contributed by atoms with Gasteiger partial charge in [-0.3, -0.25) is 13.9 Å². The lowest BCUT2D eigenvalue weighted by Gasteiger charge is -2.34. The molecule has 0 unspecified atom stereocenters. The maximum absolute atomic E-state index is 14.5. The molecule has 0 aromatic heterocycles. The highest BCUT2D eigenvalue weighted by molar-refractivity contribution is 7.92. The van der Waals surface area contributed by atoms with E-state index in [2.05, 4.69) is 5.32 Å². The molecule has 0 aliphatic heterocycles. The summed E-state index contributed by atoms with van der Waals surface area (Å²) in [4.78, 5) is 30.1. The van der Waals surface area contributed by atoms with Crippen LogP contribution in [0.2, 0.25) is 0 Å². The Bertz CT molecular complexity index is 1640. The van der Waals surface area contributed by atoms with Crippen LogP contribution in [0.4, 0.5) is 5.69 Å². The summed E-state index contributed by atoms with van der Waals surface area (Å²) in [5.74, 6) is -0.756. The molecular formula is C37H43N3O4S. The number of carbonyl (C=O) groups excluding carboxylic acids is 2. The Labute approximate surface area is 268 Å². The van der Waals surface area contributed by atoms with E-state index in [1.165, 1.54) is 17.0 Å². The Morgan fingerprint density at radius 2 is 1.33 bits per heavy atom. The summed E-state index contributed by atoms with van der Waals surface area (Å²) in [5.41, 5.74) is 4.24. The first-order chi connectivity index (χ1) is 21.6. The molecule has 1 N–H and O–H groups in total. The van der Waals surface area contributed by atoms with Crippen LogP contribution in [0.15, 0.2) is 114 Å². The van der Waals surface area contributed by atoms with Gasteiger partial charge in [-0.05, 0) is 67.6 Å². The number of anilines is 1. The number of carbonyl (C=O) groups is 2. The Balaban J connectivity index is 1.79. The molecule has 2 atom stereocenters. The van der Waals surface area contributed by atoms with Crippen molar-refractivity contribution in [3.63, 3.8) is 0 Å². The van der Waals surface area contributed by atoms with E-state index in [0.29, 0.717) is 5.69 Å². The highest BCUT2D eigenvalue weighted by atomic mass is 32.2. The van der Waals surface area contributed by atoms with Crippen molar-refractivity contribution in [3.05, 3.63) is 131 Å². The van der Waals surface area contributed by atoms with Crippen LogP contribution >= 0.6 is 0 Å². The number of aryl methyl sites for hydroxylation is 2. The zero-order valence-electron chi connectivity index (χ0n) is 26.5. The van der Waals surface area contributed by atoms with E-state index in [1.807, 2.05) is 94.4 Å². The largest absolute Gasteiger partial charge is 0.352 e. The normalized spacial score (nSPS) is 12.6. The minimum Gasteiger partial charge on any atom is -0.352 e. The molecular weight excluding hydrogens is 582 g/mol. The third-order valence-corrected chi connectivity index (χ3v) is 9.78. The maximum atomic E-state index is 14.5. The van der Waals surface area contributed by atoms with Crippen LogP contribution in [-0.2, 0) is 39.0 Å². The summed E-state index contributed by atoms with van der Waals surface area (Å²) < 4.78 is 29.3. The molecule has 8 heteroatoms. The SMILES string of the molecule is CCc1ccc(N(CC(=O)N(Cc2ccc(C)cc2)[C@H](Cc2ccccc2)C(=O)N[C@H](C)CC)S(=O)(=O)c2ccccc2)cc1. The van der Waals surface area contributed by atoms with Crippen LogP contribution < -0.4 is 9.62 Å². The van der Waals surface area contributed by atoms with Gasteiger partial charge in [-0.15, -0.1) is 0 Å². The Morgan fingerprint density at radius 3 is 1.91 bits per heavy atom. The molecule has 0 aliphatic rings. The minimum atomic E-state index is -4.12. The van der Waals surface area contributed by atoms with Gasteiger partial charge in [0.15, 0.2) is 0 Å². The Morgan fingerprint density at radius 1 is 0.756 bits per heavy atom. The lowest BCUT2D eigenvalue weighted by molar-refractivity contribution is -0.140. The zero-order chi connectivity index (χ0) is 32.4. The van der Waals surface area contributed by atoms with Crippen molar-refractivity contribution in [2.45, 2.75) is 70.5 Å². The predicted octanol–water partition coefficient (Wildman–Crippen LogP) is 6.31. The second-order valence-corrected chi connectivity index (χ2v) is 13.2. The van der Waals surface area contributed by atoms with Gasteiger partial charge in [0.1, 0.15) is 12.6 Å². The van der Waals surface area contributed by atoms with Gasteiger partial charge in [0.05, 0.1) is 10.6 Å². The standard InChI is InChI=1S/C37H43N3O4S/c1-5-29(4)38-37(42)35(25-31-13-9-7-10-14-31)39(26-32-19-17-28(3)18-20-32)36(41)27-40(33-23-21-30(6-2)22-24-33)45(43,44)34-15-11-8-12-16-34/h7-24,29,35H,5-6,25-27H2,1-4H3,(H,38,42)/t29-,35-/m1/s1. The molecule has 2 amide bonds. The van der Waals surface area contributed by atoms with Gasteiger partial charge in [0, 0.05) is 19.0 Å². The van der Waals surface area contributed by atoms with Crippen molar-refractivity contribution < 1.29 is 18.0 Å². The first-order valence-corrected chi connectivity index (χ1v) is 16.9. The number of hydrogen-bond donors (Lipinski definition) is 1. The smallest absolute Gasteiger partial charge is 0.264 e. The van der Waals surface area contributed by atoms with Crippen LogP contribution in [0, 0.1) is 6.92 Å². The Hall–Kier alpha value is -4.43. The van der Waals surface area contributed by atoms with E-state index in [4.69, 9.17) is 0 Å². The van der Waals surface area contributed by atoms with Gasteiger partial charge in [-0.25, -0.2) is 8.42 Å². The van der Waals surface area contributed by atoms with Crippen molar-refractivity contribution >= 4 is 27.5 Å². The summed E-state index contributed by atoms with van der Waals surface area (Å²) in [6.07, 6.45) is 1.80. The molecule has 4 aromatic rings. The Kier molecular flexibility index (Phi) is 11.5. The van der Waals surface area contributed by atoms with Gasteiger partial charge in [-0.2, -0.15) is 0 Å². The molecule has 0 spiro atoms. The van der Waals surface area contributed by atoms with E-state index in [0.717, 1.165) is 39.4 Å². The molecule has 4 aromatic carbocycles. The number of nitrogens with one attached hydrogen (secondary N) is 1. The second-order valence-electron chi connectivity index (χ2n) is 11.4. The van der Waals surface area contributed by atoms with Gasteiger partial charge >= 0.3 is 0 Å². The third kappa shape index (κ3) is 8.82. The van der Waals surface area contributed by atoms with Gasteiger partial charge < -0.3 is 10.2 Å². The van der Waals surface area contributed by atoms with E-state index < -0.39 is 28.5 Å². The van der Waals surface area contributed by atoms with Crippen molar-refractivity contribution in [2.24, 2.45) is 0 Å². The topological polar surface area (TPSA) is 86.8 Å². The first kappa shape index (κ1) is 33.5. The third-order valence-electron chi connectivity index (χ3n) is 7.99. The van der Waals surface area contributed by atoms with Crippen LogP contribution in [-0.4, -0.2) is 43.8 Å². The molecule has 4 rings (SSSR count). The van der Waals surface area contributed by atoms with E-state index in [1.54, 1.807) is 30.3 Å². The van der Waals surface area contributed by atoms with Crippen LogP contribution in [0.5, 0.6) is 0 Å². The average Bonchev–Trinajstić information content (AvgIpc) is 3.06. The van der Waals surface area contributed by atoms with Crippen molar-refractivity contribution in [1.29, 1.82) is 0 Å². The average molecular weight is 626 g/mol. The summed E-state index contributed by atoms with van der Waals surface area (Å²) in [7, 11) is -4.12. The van der Waals surface area contributed by atoms with Crippen LogP contribution in [0.3, 0.4) is 0 Å². The number of sulfonamides is 1. The molecule has 0 heterocycles. The molecule has 7 nitrogen and oxygen atoms in total. The fourth-order valence-corrected chi connectivity index (χ4v) is 6.47. The highest BCUT2D eigenvalue weighted by Crippen LogP contribution is 2.26. The molecule has 0 saturated carbocycles. The molecule has 45 heavy (non-hydrogen) atoms. The quantitative estimate of drug-likeness (QED) is 0.178. The number of rotatable bonds is 14. The number of amides is 2. The molecule has 0 fully saturated rings. The summed E-state index contributed by atoms with van der Waals surface area (Å²) in [6.45, 7) is 7.59. The molecule has 236 valence electrons. The first-order valence-electron chi connectivity index (χ1n) is 15.5. The zero-order valence-corrected chi connectivity index (χ0v) is 27.3. The minimum absolute atomic E-state index is 0.0813. The molecule has 0 bridgehead atoms. The summed E-state index contributed by atoms with van der Waals surface area (Å²) in [6, 6.07) is 31.7. The maximum Gasteiger partial charge on any atom is 0.264 e. The molecule has 0 radical (unpaired) electrons. The fraction of sp³-hybridized carbons (Fsp3) is 0.297. The number of nitrogens with zero attached hydrogens (tertiary/aromatic N) is 2. The van der Waals surface area contributed by atoms with E-state index >= 15 is 0 Å². The van der Waals surface area contributed by atoms with Crippen LogP contribution in [0.25, 0.3) is 0 Å². The molecule has 0 saturated heterocycles. The van der Waals surface area contributed by atoms with Gasteiger partial charge in [0.2, 0.25) is 11.8 Å². The van der Waals surface area contributed by atoms with Gasteiger partial charge in [-0.1, -0.05) is 104 Å². The number of hydrogen-bond acceptors (Lipinski definition) is 4. The molecule has 0 aliphatic carbocycles. The van der Waals surface area contributed by atoms with Crippen LogP contribution in [0.1, 0.15) is 49.4 Å². The van der Waals surface area contributed by atoms with Crippen molar-refractivity contribution in [2.75, 3.05) is 10.8 Å². The predicted molar refractivity (Wildman–Crippen MR) is 180 cm³/mol.